The number of hydrogen-bond donors (Lipinski definition) is 2. The topological polar surface area (TPSA) is 53.6 Å². The van der Waals surface area contributed by atoms with Crippen LogP contribution >= 0.6 is 0 Å². The van der Waals surface area contributed by atoms with Crippen molar-refractivity contribution in [3.63, 3.8) is 0 Å². The molecule has 1 aromatic rings. The Labute approximate surface area is 109 Å². The number of nitrogens with zero attached hydrogens (tertiary/aromatic N) is 2. The molecule has 0 bridgehead atoms. The van der Waals surface area contributed by atoms with E-state index in [1.807, 2.05) is 0 Å². The predicted molar refractivity (Wildman–Crippen MR) is 71.6 cm³/mol. The average Bonchev–Trinajstić information content (AvgIpc) is 3.11. The van der Waals surface area contributed by atoms with E-state index in [1.165, 1.54) is 25.7 Å². The van der Waals surface area contributed by atoms with Crippen LogP contribution in [0.15, 0.2) is 0 Å². The van der Waals surface area contributed by atoms with Gasteiger partial charge in [-0.05, 0) is 31.7 Å². The molecule has 2 fully saturated rings. The van der Waals surface area contributed by atoms with Crippen LogP contribution in [0.4, 0.5) is 0 Å². The zero-order valence-corrected chi connectivity index (χ0v) is 11.5. The van der Waals surface area contributed by atoms with Crippen LogP contribution in [0.25, 0.3) is 0 Å². The molecule has 1 saturated carbocycles. The van der Waals surface area contributed by atoms with Crippen LogP contribution in [-0.2, 0) is 5.41 Å². The molecule has 1 saturated heterocycles. The van der Waals surface area contributed by atoms with E-state index in [-0.39, 0.29) is 5.41 Å². The zero-order valence-electron chi connectivity index (χ0n) is 11.5. The van der Waals surface area contributed by atoms with Gasteiger partial charge in [-0.3, -0.25) is 5.10 Å². The Hall–Kier alpha value is -0.900. The lowest BCUT2D eigenvalue weighted by Crippen LogP contribution is -2.36. The van der Waals surface area contributed by atoms with Gasteiger partial charge in [0, 0.05) is 17.9 Å². The summed E-state index contributed by atoms with van der Waals surface area (Å²) >= 11 is 0. The van der Waals surface area contributed by atoms with E-state index in [0.29, 0.717) is 11.8 Å². The minimum absolute atomic E-state index is 0.146. The predicted octanol–water partition coefficient (Wildman–Crippen LogP) is 2.35. The van der Waals surface area contributed by atoms with Gasteiger partial charge in [-0.2, -0.15) is 5.10 Å². The van der Waals surface area contributed by atoms with Gasteiger partial charge < -0.3 is 5.32 Å². The molecule has 4 heteroatoms. The summed E-state index contributed by atoms with van der Waals surface area (Å²) in [6.45, 7) is 6.69. The van der Waals surface area contributed by atoms with Gasteiger partial charge in [0.2, 0.25) is 0 Å². The SMILES string of the molecule is CC(C)C1(c2n[nH]c(C3CCCC3)n2)CCNC1. The molecule has 0 spiro atoms. The smallest absolute Gasteiger partial charge is 0.158 e. The van der Waals surface area contributed by atoms with Crippen molar-refractivity contribution in [3.05, 3.63) is 11.6 Å². The molecule has 0 amide bonds. The van der Waals surface area contributed by atoms with Crippen molar-refractivity contribution in [1.82, 2.24) is 20.5 Å². The summed E-state index contributed by atoms with van der Waals surface area (Å²) in [7, 11) is 0. The summed E-state index contributed by atoms with van der Waals surface area (Å²) in [4.78, 5) is 4.86. The molecule has 1 unspecified atom stereocenters. The molecule has 1 atom stereocenters. The lowest BCUT2D eigenvalue weighted by atomic mass is 9.76. The lowest BCUT2D eigenvalue weighted by molar-refractivity contribution is 0.318. The Kier molecular flexibility index (Phi) is 3.14. The molecule has 0 aromatic carbocycles. The average molecular weight is 248 g/mol. The molecule has 2 heterocycles. The second kappa shape index (κ2) is 4.65. The summed E-state index contributed by atoms with van der Waals surface area (Å²) in [6, 6.07) is 0. The van der Waals surface area contributed by atoms with E-state index in [2.05, 4.69) is 29.4 Å². The Balaban J connectivity index is 1.86. The first-order chi connectivity index (χ1) is 8.72. The van der Waals surface area contributed by atoms with Crippen LogP contribution in [-0.4, -0.2) is 28.3 Å². The Morgan fingerprint density at radius 3 is 2.67 bits per heavy atom. The fourth-order valence-electron chi connectivity index (χ4n) is 3.53. The first-order valence-corrected chi connectivity index (χ1v) is 7.36. The highest BCUT2D eigenvalue weighted by atomic mass is 15.2. The first-order valence-electron chi connectivity index (χ1n) is 7.36. The normalized spacial score (nSPS) is 29.5. The monoisotopic (exact) mass is 248 g/mol. The van der Waals surface area contributed by atoms with Crippen LogP contribution in [0, 0.1) is 5.92 Å². The number of H-pyrrole nitrogens is 1. The van der Waals surface area contributed by atoms with Gasteiger partial charge in [0.05, 0.1) is 0 Å². The fourth-order valence-corrected chi connectivity index (χ4v) is 3.53. The van der Waals surface area contributed by atoms with E-state index in [9.17, 15) is 0 Å². The number of aromatic nitrogens is 3. The van der Waals surface area contributed by atoms with Gasteiger partial charge in [0.15, 0.2) is 5.82 Å². The Bertz CT molecular complexity index is 398. The van der Waals surface area contributed by atoms with Gasteiger partial charge in [0.25, 0.3) is 0 Å². The Morgan fingerprint density at radius 2 is 2.06 bits per heavy atom. The molecule has 3 rings (SSSR count). The van der Waals surface area contributed by atoms with Crippen molar-refractivity contribution in [2.75, 3.05) is 13.1 Å². The number of rotatable bonds is 3. The van der Waals surface area contributed by atoms with Crippen LogP contribution in [0.5, 0.6) is 0 Å². The van der Waals surface area contributed by atoms with E-state index in [0.717, 1.165) is 31.2 Å². The molecule has 2 aliphatic rings. The van der Waals surface area contributed by atoms with Crippen LogP contribution < -0.4 is 5.32 Å². The summed E-state index contributed by atoms with van der Waals surface area (Å²) in [6.07, 6.45) is 6.41. The maximum absolute atomic E-state index is 4.86. The minimum atomic E-state index is 0.146. The maximum Gasteiger partial charge on any atom is 0.158 e. The van der Waals surface area contributed by atoms with Gasteiger partial charge in [-0.25, -0.2) is 4.98 Å². The van der Waals surface area contributed by atoms with Gasteiger partial charge >= 0.3 is 0 Å². The van der Waals surface area contributed by atoms with Crippen molar-refractivity contribution in [1.29, 1.82) is 0 Å². The molecular weight excluding hydrogens is 224 g/mol. The molecule has 1 aliphatic carbocycles. The standard InChI is InChI=1S/C14H24N4/c1-10(2)14(7-8-15-9-14)13-16-12(17-18-13)11-5-3-4-6-11/h10-11,15H,3-9H2,1-2H3,(H,16,17,18). The molecule has 2 N–H and O–H groups in total. The van der Waals surface area contributed by atoms with Crippen LogP contribution in [0.2, 0.25) is 0 Å². The van der Waals surface area contributed by atoms with Crippen molar-refractivity contribution in [2.45, 2.75) is 57.3 Å². The third kappa shape index (κ3) is 1.87. The lowest BCUT2D eigenvalue weighted by Gasteiger charge is -2.29. The summed E-state index contributed by atoms with van der Waals surface area (Å²) in [5, 5.41) is 11.3. The van der Waals surface area contributed by atoms with E-state index in [4.69, 9.17) is 4.98 Å². The fraction of sp³-hybridized carbons (Fsp3) is 0.857. The molecule has 1 aliphatic heterocycles. The third-order valence-electron chi connectivity index (χ3n) is 4.98. The van der Waals surface area contributed by atoms with Crippen LogP contribution in [0.3, 0.4) is 0 Å². The molecule has 4 nitrogen and oxygen atoms in total. The van der Waals surface area contributed by atoms with E-state index >= 15 is 0 Å². The molecule has 100 valence electrons. The van der Waals surface area contributed by atoms with Crippen LogP contribution in [0.1, 0.15) is 63.5 Å². The minimum Gasteiger partial charge on any atom is -0.316 e. The highest BCUT2D eigenvalue weighted by Crippen LogP contribution is 2.38. The summed E-state index contributed by atoms with van der Waals surface area (Å²) in [5.74, 6) is 3.39. The number of nitrogens with one attached hydrogen (secondary N) is 2. The quantitative estimate of drug-likeness (QED) is 0.863. The molecule has 0 radical (unpaired) electrons. The second-order valence-electron chi connectivity index (χ2n) is 6.26. The molecule has 18 heavy (non-hydrogen) atoms. The highest BCUT2D eigenvalue weighted by Gasteiger charge is 2.42. The Morgan fingerprint density at radius 1 is 1.28 bits per heavy atom. The van der Waals surface area contributed by atoms with Gasteiger partial charge in [-0.1, -0.05) is 26.7 Å². The largest absolute Gasteiger partial charge is 0.316 e. The van der Waals surface area contributed by atoms with Crippen molar-refractivity contribution >= 4 is 0 Å². The number of aromatic amines is 1. The van der Waals surface area contributed by atoms with E-state index in [1.54, 1.807) is 0 Å². The molecular formula is C14H24N4. The summed E-state index contributed by atoms with van der Waals surface area (Å²) < 4.78 is 0. The zero-order chi connectivity index (χ0) is 12.6. The van der Waals surface area contributed by atoms with Gasteiger partial charge in [-0.15, -0.1) is 0 Å². The van der Waals surface area contributed by atoms with E-state index < -0.39 is 0 Å². The third-order valence-corrected chi connectivity index (χ3v) is 4.98. The van der Waals surface area contributed by atoms with Crippen molar-refractivity contribution in [3.8, 4) is 0 Å². The number of hydrogen-bond acceptors (Lipinski definition) is 3. The van der Waals surface area contributed by atoms with Crippen molar-refractivity contribution in [2.24, 2.45) is 5.92 Å². The van der Waals surface area contributed by atoms with Crippen molar-refractivity contribution < 1.29 is 0 Å². The second-order valence-corrected chi connectivity index (χ2v) is 6.26. The molecule has 1 aromatic heterocycles. The first kappa shape index (κ1) is 12.2. The van der Waals surface area contributed by atoms with Gasteiger partial charge in [0.1, 0.15) is 5.82 Å². The highest BCUT2D eigenvalue weighted by molar-refractivity contribution is 5.15. The maximum atomic E-state index is 4.86. The summed E-state index contributed by atoms with van der Waals surface area (Å²) in [5.41, 5.74) is 0.146.